The second-order valence-electron chi connectivity index (χ2n) is 5.31. The topological polar surface area (TPSA) is 75.7 Å². The third-order valence-corrected chi connectivity index (χ3v) is 4.96. The van der Waals surface area contributed by atoms with Gasteiger partial charge >= 0.3 is 5.97 Å². The summed E-state index contributed by atoms with van der Waals surface area (Å²) in [5, 5.41) is 2.72. The van der Waals surface area contributed by atoms with Gasteiger partial charge in [-0.05, 0) is 26.0 Å². The number of nitrogens with one attached hydrogen (secondary N) is 1. The van der Waals surface area contributed by atoms with Gasteiger partial charge in [0.1, 0.15) is 6.04 Å². The highest BCUT2D eigenvalue weighted by Crippen LogP contribution is 2.37. The number of amides is 2. The Kier molecular flexibility index (Phi) is 4.75. The van der Waals surface area contributed by atoms with Crippen LogP contribution in [0, 0.1) is 0 Å². The van der Waals surface area contributed by atoms with Gasteiger partial charge in [-0.25, -0.2) is 4.79 Å². The first-order chi connectivity index (χ1) is 10.4. The number of rotatable bonds is 4. The predicted molar refractivity (Wildman–Crippen MR) is 84.6 cm³/mol. The third kappa shape index (κ3) is 3.09. The normalized spacial score (nSPS) is 19.6. The Morgan fingerprint density at radius 2 is 2.09 bits per heavy atom. The molecule has 2 amide bonds. The van der Waals surface area contributed by atoms with Crippen LogP contribution in [0.5, 0.6) is 0 Å². The molecule has 2 rings (SSSR count). The number of nitrogens with zero attached hydrogens (tertiary/aromatic N) is 1. The van der Waals surface area contributed by atoms with E-state index in [2.05, 4.69) is 5.32 Å². The van der Waals surface area contributed by atoms with Crippen LogP contribution in [0.2, 0.25) is 0 Å². The molecule has 6 nitrogen and oxygen atoms in total. The van der Waals surface area contributed by atoms with Gasteiger partial charge in [0.15, 0.2) is 0 Å². The van der Waals surface area contributed by atoms with Crippen molar-refractivity contribution < 1.29 is 19.1 Å². The molecular formula is C15H18N2O4S. The van der Waals surface area contributed by atoms with E-state index < -0.39 is 16.9 Å². The van der Waals surface area contributed by atoms with Crippen LogP contribution < -0.4 is 5.32 Å². The van der Waals surface area contributed by atoms with E-state index in [1.807, 2.05) is 13.8 Å². The number of methoxy groups -OCH3 is 1. The van der Waals surface area contributed by atoms with Crippen molar-refractivity contribution in [3.63, 3.8) is 0 Å². The summed E-state index contributed by atoms with van der Waals surface area (Å²) in [5.41, 5.74) is 0.654. The van der Waals surface area contributed by atoms with Crippen LogP contribution >= 0.6 is 11.8 Å². The van der Waals surface area contributed by atoms with Gasteiger partial charge in [0.25, 0.3) is 0 Å². The van der Waals surface area contributed by atoms with Gasteiger partial charge in [0.2, 0.25) is 12.3 Å². The lowest BCUT2D eigenvalue weighted by Crippen LogP contribution is -2.47. The summed E-state index contributed by atoms with van der Waals surface area (Å²) in [6.45, 7) is 3.78. The lowest BCUT2D eigenvalue weighted by molar-refractivity contribution is -0.130. The van der Waals surface area contributed by atoms with Gasteiger partial charge in [0, 0.05) is 5.75 Å². The Bertz CT molecular complexity index is 603. The first-order valence-corrected chi connectivity index (χ1v) is 7.75. The number of carbonyl (C=O) groups excluding carboxylic acids is 3. The quantitative estimate of drug-likeness (QED) is 0.675. The molecule has 118 valence electrons. The Balaban J connectivity index is 2.20. The molecule has 22 heavy (non-hydrogen) atoms. The fourth-order valence-corrected chi connectivity index (χ4v) is 3.51. The van der Waals surface area contributed by atoms with Crippen molar-refractivity contribution in [3.05, 3.63) is 29.8 Å². The summed E-state index contributed by atoms with van der Waals surface area (Å²) in [7, 11) is 1.28. The van der Waals surface area contributed by atoms with Crippen LogP contribution in [-0.2, 0) is 14.3 Å². The number of para-hydroxylation sites is 1. The maximum Gasteiger partial charge on any atom is 0.339 e. The van der Waals surface area contributed by atoms with Gasteiger partial charge < -0.3 is 15.0 Å². The standard InChI is InChI=1S/C15H18N2O4S/c1-15(2)17(9-18)12(8-22-15)13(19)16-11-7-5-4-6-10(11)14(20)21-3/h4-7,9,12H,8H2,1-3H3,(H,16,19)/t12-/m1/s1. The summed E-state index contributed by atoms with van der Waals surface area (Å²) >= 11 is 1.54. The molecule has 0 aromatic heterocycles. The molecular weight excluding hydrogens is 304 g/mol. The van der Waals surface area contributed by atoms with Crippen molar-refractivity contribution in [2.24, 2.45) is 0 Å². The zero-order chi connectivity index (χ0) is 16.3. The molecule has 1 saturated heterocycles. The van der Waals surface area contributed by atoms with Gasteiger partial charge in [-0.2, -0.15) is 0 Å². The zero-order valence-electron chi connectivity index (χ0n) is 12.7. The van der Waals surface area contributed by atoms with Crippen LogP contribution in [0.1, 0.15) is 24.2 Å². The smallest absolute Gasteiger partial charge is 0.339 e. The fourth-order valence-electron chi connectivity index (χ4n) is 2.31. The second-order valence-corrected chi connectivity index (χ2v) is 6.93. The van der Waals surface area contributed by atoms with Crippen LogP contribution in [0.25, 0.3) is 0 Å². The number of anilines is 1. The average molecular weight is 322 g/mol. The van der Waals surface area contributed by atoms with Crippen molar-refractivity contribution in [1.82, 2.24) is 4.90 Å². The molecule has 1 aromatic carbocycles. The van der Waals surface area contributed by atoms with E-state index in [0.29, 0.717) is 17.9 Å². The minimum Gasteiger partial charge on any atom is -0.465 e. The predicted octanol–water partition coefficient (Wildman–Crippen LogP) is 1.72. The van der Waals surface area contributed by atoms with E-state index in [-0.39, 0.29) is 11.5 Å². The first kappa shape index (κ1) is 16.4. The maximum atomic E-state index is 12.5. The highest BCUT2D eigenvalue weighted by atomic mass is 32.2. The molecule has 1 aromatic rings. The van der Waals surface area contributed by atoms with Crippen LogP contribution in [0.4, 0.5) is 5.69 Å². The summed E-state index contributed by atoms with van der Waals surface area (Å²) < 4.78 is 4.70. The van der Waals surface area contributed by atoms with Crippen LogP contribution in [0.3, 0.4) is 0 Å². The molecule has 1 N–H and O–H groups in total. The lowest BCUT2D eigenvalue weighted by atomic mass is 10.1. The molecule has 0 bridgehead atoms. The largest absolute Gasteiger partial charge is 0.465 e. The molecule has 0 radical (unpaired) electrons. The number of hydrogen-bond acceptors (Lipinski definition) is 5. The number of thioether (sulfide) groups is 1. The monoisotopic (exact) mass is 322 g/mol. The van der Waals surface area contributed by atoms with E-state index >= 15 is 0 Å². The minimum absolute atomic E-state index is 0.279. The van der Waals surface area contributed by atoms with Gasteiger partial charge in [0.05, 0.1) is 23.2 Å². The minimum atomic E-state index is -0.566. The van der Waals surface area contributed by atoms with E-state index in [0.717, 1.165) is 0 Å². The summed E-state index contributed by atoms with van der Waals surface area (Å²) in [6, 6.07) is 6.04. The fraction of sp³-hybridized carbons (Fsp3) is 0.400. The van der Waals surface area contributed by atoms with Crippen LogP contribution in [-0.4, -0.2) is 47.0 Å². The van der Waals surface area contributed by atoms with Gasteiger partial charge in [-0.15, -0.1) is 11.8 Å². The van der Waals surface area contributed by atoms with Crippen LogP contribution in [0.15, 0.2) is 24.3 Å². The molecule has 1 atom stereocenters. The van der Waals surface area contributed by atoms with Gasteiger partial charge in [-0.3, -0.25) is 9.59 Å². The van der Waals surface area contributed by atoms with E-state index in [1.165, 1.54) is 23.8 Å². The summed E-state index contributed by atoms with van der Waals surface area (Å²) in [5.74, 6) is -0.330. The van der Waals surface area contributed by atoms with E-state index in [4.69, 9.17) is 4.74 Å². The van der Waals surface area contributed by atoms with E-state index in [1.54, 1.807) is 24.3 Å². The van der Waals surface area contributed by atoms with Crippen molar-refractivity contribution >= 4 is 35.7 Å². The van der Waals surface area contributed by atoms with Crippen molar-refractivity contribution in [2.75, 3.05) is 18.2 Å². The summed E-state index contributed by atoms with van der Waals surface area (Å²) in [6.07, 6.45) is 0.691. The van der Waals surface area contributed by atoms with E-state index in [9.17, 15) is 14.4 Å². The summed E-state index contributed by atoms with van der Waals surface area (Å²) in [4.78, 5) is 36.5. The number of esters is 1. The molecule has 1 aliphatic rings. The third-order valence-electron chi connectivity index (χ3n) is 3.56. The Morgan fingerprint density at radius 1 is 1.41 bits per heavy atom. The maximum absolute atomic E-state index is 12.5. The number of hydrogen-bond donors (Lipinski definition) is 1. The lowest BCUT2D eigenvalue weighted by Gasteiger charge is -2.30. The highest BCUT2D eigenvalue weighted by molar-refractivity contribution is 8.00. The molecule has 1 aliphatic heterocycles. The molecule has 1 heterocycles. The number of ether oxygens (including phenoxy) is 1. The van der Waals surface area contributed by atoms with Gasteiger partial charge in [-0.1, -0.05) is 12.1 Å². The van der Waals surface area contributed by atoms with Crippen molar-refractivity contribution in [3.8, 4) is 0 Å². The van der Waals surface area contributed by atoms with Crippen molar-refractivity contribution in [1.29, 1.82) is 0 Å². The Labute approximate surface area is 133 Å². The molecule has 0 unspecified atom stereocenters. The molecule has 0 spiro atoms. The molecule has 0 aliphatic carbocycles. The first-order valence-electron chi connectivity index (χ1n) is 6.76. The molecule has 0 saturated carbocycles. The SMILES string of the molecule is COC(=O)c1ccccc1NC(=O)[C@H]1CSC(C)(C)N1C=O. The average Bonchev–Trinajstić information content (AvgIpc) is 2.81. The van der Waals surface area contributed by atoms with Crippen molar-refractivity contribution in [2.45, 2.75) is 24.8 Å². The number of benzene rings is 1. The highest BCUT2D eigenvalue weighted by Gasteiger charge is 2.43. The Morgan fingerprint density at radius 3 is 2.73 bits per heavy atom. The molecule has 1 fully saturated rings. The molecule has 7 heteroatoms. The Hall–Kier alpha value is -2.02. The zero-order valence-corrected chi connectivity index (χ0v) is 13.5. The number of carbonyl (C=O) groups is 3. The second kappa shape index (κ2) is 6.39.